The molecule has 1 aromatic carbocycles. The molecule has 0 amide bonds. The van der Waals surface area contributed by atoms with Crippen LogP contribution < -0.4 is 9.75 Å². The van der Waals surface area contributed by atoms with Gasteiger partial charge in [0.1, 0.15) is 5.75 Å². The Balaban J connectivity index is 1.79. The average molecular weight is 491 g/mol. The van der Waals surface area contributed by atoms with E-state index < -0.39 is 11.7 Å². The van der Waals surface area contributed by atoms with Crippen LogP contribution in [0.15, 0.2) is 53.2 Å². The van der Waals surface area contributed by atoms with Gasteiger partial charge in [-0.25, -0.2) is 9.99 Å². The molecule has 0 bridgehead atoms. The van der Waals surface area contributed by atoms with E-state index in [0.717, 1.165) is 43.7 Å². The highest BCUT2D eigenvalue weighted by atomic mass is 32.1. The van der Waals surface area contributed by atoms with Crippen molar-refractivity contribution in [1.29, 1.82) is 0 Å². The van der Waals surface area contributed by atoms with Gasteiger partial charge in [-0.2, -0.15) is 18.3 Å². The first-order valence-electron chi connectivity index (χ1n) is 11.4. The number of pyridine rings is 1. The van der Waals surface area contributed by atoms with Crippen molar-refractivity contribution in [3.63, 3.8) is 0 Å². The number of halogens is 3. The second kappa shape index (κ2) is 12.5. The van der Waals surface area contributed by atoms with E-state index in [4.69, 9.17) is 4.74 Å². The Morgan fingerprint density at radius 3 is 2.62 bits per heavy atom. The zero-order valence-electron chi connectivity index (χ0n) is 19.4. The fourth-order valence-electron chi connectivity index (χ4n) is 3.41. The molecule has 0 radical (unpaired) electrons. The summed E-state index contributed by atoms with van der Waals surface area (Å²) in [5, 5.41) is 7.94. The van der Waals surface area contributed by atoms with Gasteiger partial charge in [-0.05, 0) is 43.7 Å². The number of nitrogens with zero attached hydrogens (tertiary/aromatic N) is 4. The predicted molar refractivity (Wildman–Crippen MR) is 132 cm³/mol. The molecule has 9 heteroatoms. The third kappa shape index (κ3) is 7.03. The van der Waals surface area contributed by atoms with Crippen LogP contribution in [-0.4, -0.2) is 22.8 Å². The number of ether oxygens (including phenoxy) is 1. The number of rotatable bonds is 12. The van der Waals surface area contributed by atoms with Crippen molar-refractivity contribution in [3.05, 3.63) is 53.7 Å². The summed E-state index contributed by atoms with van der Waals surface area (Å²) in [7, 11) is 0. The monoisotopic (exact) mass is 490 g/mol. The Morgan fingerprint density at radius 1 is 1.12 bits per heavy atom. The third-order valence-electron chi connectivity index (χ3n) is 5.13. The highest BCUT2D eigenvalue weighted by molar-refractivity contribution is 7.14. The SMILES string of the molecule is CC=NN(c1ccc(OCCCCCCCC)c(C(F)(F)F)c1)c1nc(-c2cccnc2)cs1. The van der Waals surface area contributed by atoms with Crippen molar-refractivity contribution in [2.45, 2.75) is 58.5 Å². The van der Waals surface area contributed by atoms with Gasteiger partial charge in [0.2, 0.25) is 5.13 Å². The molecule has 182 valence electrons. The molecule has 0 aliphatic rings. The summed E-state index contributed by atoms with van der Waals surface area (Å²) in [5.74, 6) is -0.166. The smallest absolute Gasteiger partial charge is 0.420 e. The van der Waals surface area contributed by atoms with Crippen molar-refractivity contribution in [2.75, 3.05) is 11.6 Å². The first-order chi connectivity index (χ1) is 16.4. The van der Waals surface area contributed by atoms with Crippen molar-refractivity contribution < 1.29 is 17.9 Å². The van der Waals surface area contributed by atoms with Gasteiger partial charge in [0, 0.05) is 29.6 Å². The molecular weight excluding hydrogens is 461 g/mol. The largest absolute Gasteiger partial charge is 0.493 e. The summed E-state index contributed by atoms with van der Waals surface area (Å²) in [6.07, 6.45) is 6.53. The standard InChI is InChI=1S/C25H29F3N4OS/c1-3-5-6-7-8-9-15-33-23-13-12-20(16-21(23)25(26,27)28)32(30-4-2)24-31-22(18-34-24)19-11-10-14-29-17-19/h4,10-14,16-18H,3,5-9,15H2,1-2H3. The Kier molecular flexibility index (Phi) is 9.44. The number of hydrogen-bond acceptors (Lipinski definition) is 6. The highest BCUT2D eigenvalue weighted by Crippen LogP contribution is 2.41. The molecule has 0 spiro atoms. The van der Waals surface area contributed by atoms with Gasteiger partial charge in [0.05, 0.1) is 23.6 Å². The van der Waals surface area contributed by atoms with Gasteiger partial charge in [0.15, 0.2) is 0 Å². The molecule has 3 rings (SSSR count). The summed E-state index contributed by atoms with van der Waals surface area (Å²) in [6.45, 7) is 4.10. The van der Waals surface area contributed by atoms with E-state index in [0.29, 0.717) is 10.8 Å². The molecule has 0 aliphatic heterocycles. The van der Waals surface area contributed by atoms with Crippen molar-refractivity contribution >= 4 is 28.4 Å². The lowest BCUT2D eigenvalue weighted by atomic mass is 10.1. The first-order valence-corrected chi connectivity index (χ1v) is 12.3. The van der Waals surface area contributed by atoms with E-state index in [-0.39, 0.29) is 18.0 Å². The number of anilines is 2. The predicted octanol–water partition coefficient (Wildman–Crippen LogP) is 8.11. The second-order valence-electron chi connectivity index (χ2n) is 7.74. The maximum absolute atomic E-state index is 13.9. The molecule has 2 heterocycles. The first kappa shape index (κ1) is 25.7. The molecule has 5 nitrogen and oxygen atoms in total. The Hall–Kier alpha value is -2.94. The zero-order valence-corrected chi connectivity index (χ0v) is 20.2. The van der Waals surface area contributed by atoms with Gasteiger partial charge in [-0.1, -0.05) is 39.0 Å². The number of aromatic nitrogens is 2. The molecule has 0 saturated carbocycles. The van der Waals surface area contributed by atoms with Gasteiger partial charge in [-0.3, -0.25) is 4.98 Å². The summed E-state index contributed by atoms with van der Waals surface area (Å²) >= 11 is 1.29. The lowest BCUT2D eigenvalue weighted by Gasteiger charge is -2.20. The normalized spacial score (nSPS) is 11.8. The molecule has 0 fully saturated rings. The molecule has 0 saturated heterocycles. The highest BCUT2D eigenvalue weighted by Gasteiger charge is 2.35. The number of benzene rings is 1. The van der Waals surface area contributed by atoms with E-state index >= 15 is 0 Å². The summed E-state index contributed by atoms with van der Waals surface area (Å²) < 4.78 is 47.1. The molecule has 0 N–H and O–H groups in total. The van der Waals surface area contributed by atoms with Crippen LogP contribution in [0.3, 0.4) is 0 Å². The van der Waals surface area contributed by atoms with E-state index in [1.165, 1.54) is 35.0 Å². The molecule has 3 aromatic rings. The van der Waals surface area contributed by atoms with Crippen LogP contribution in [0.25, 0.3) is 11.3 Å². The molecule has 0 aliphatic carbocycles. The van der Waals surface area contributed by atoms with E-state index in [9.17, 15) is 13.2 Å². The lowest BCUT2D eigenvalue weighted by molar-refractivity contribution is -0.138. The number of alkyl halides is 3. The summed E-state index contributed by atoms with van der Waals surface area (Å²) in [4.78, 5) is 8.65. The summed E-state index contributed by atoms with van der Waals surface area (Å²) in [5.41, 5.74) is 0.931. The topological polar surface area (TPSA) is 50.6 Å². The Bertz CT molecular complexity index is 1050. The van der Waals surface area contributed by atoms with E-state index in [2.05, 4.69) is 22.0 Å². The van der Waals surface area contributed by atoms with Gasteiger partial charge in [-0.15, -0.1) is 11.3 Å². The van der Waals surface area contributed by atoms with Crippen LogP contribution in [0, 0.1) is 0 Å². The minimum atomic E-state index is -4.56. The van der Waals surface area contributed by atoms with Gasteiger partial charge >= 0.3 is 6.18 Å². The molecule has 34 heavy (non-hydrogen) atoms. The Morgan fingerprint density at radius 2 is 1.91 bits per heavy atom. The number of hydrazone groups is 1. The maximum Gasteiger partial charge on any atom is 0.420 e. The third-order valence-corrected chi connectivity index (χ3v) is 5.95. The number of unbranched alkanes of at least 4 members (excludes halogenated alkanes) is 5. The molecular formula is C25H29F3N4OS. The van der Waals surface area contributed by atoms with Gasteiger partial charge in [0.25, 0.3) is 0 Å². The fraction of sp³-hybridized carbons (Fsp3) is 0.400. The van der Waals surface area contributed by atoms with Crippen LogP contribution in [0.1, 0.15) is 57.9 Å². The van der Waals surface area contributed by atoms with Crippen LogP contribution in [0.4, 0.5) is 24.0 Å². The second-order valence-corrected chi connectivity index (χ2v) is 8.57. The molecule has 2 aromatic heterocycles. The van der Waals surface area contributed by atoms with Crippen LogP contribution >= 0.6 is 11.3 Å². The van der Waals surface area contributed by atoms with Crippen LogP contribution in [0.5, 0.6) is 5.75 Å². The van der Waals surface area contributed by atoms with Crippen molar-refractivity contribution in [3.8, 4) is 17.0 Å². The maximum atomic E-state index is 13.9. The minimum absolute atomic E-state index is 0.166. The van der Waals surface area contributed by atoms with E-state index in [1.807, 2.05) is 11.4 Å². The quantitative estimate of drug-likeness (QED) is 0.146. The zero-order chi connectivity index (χ0) is 24.4. The summed E-state index contributed by atoms with van der Waals surface area (Å²) in [6, 6.07) is 7.68. The minimum Gasteiger partial charge on any atom is -0.493 e. The molecule has 0 unspecified atom stereocenters. The number of hydrogen-bond donors (Lipinski definition) is 0. The average Bonchev–Trinajstić information content (AvgIpc) is 3.32. The molecule has 0 atom stereocenters. The van der Waals surface area contributed by atoms with Gasteiger partial charge < -0.3 is 4.74 Å². The Labute approximate surface area is 202 Å². The van der Waals surface area contributed by atoms with Crippen LogP contribution in [0.2, 0.25) is 0 Å². The van der Waals surface area contributed by atoms with Crippen LogP contribution in [-0.2, 0) is 6.18 Å². The lowest BCUT2D eigenvalue weighted by Crippen LogP contribution is -2.13. The van der Waals surface area contributed by atoms with E-state index in [1.54, 1.807) is 31.5 Å². The van der Waals surface area contributed by atoms with Crippen molar-refractivity contribution in [2.24, 2.45) is 5.10 Å². The fourth-order valence-corrected chi connectivity index (χ4v) is 4.22. The van der Waals surface area contributed by atoms with Crippen molar-refractivity contribution in [1.82, 2.24) is 9.97 Å². The number of thiazole rings is 1.